The number of nitrogens with zero attached hydrogens (tertiary/aromatic N) is 2. The SMILES string of the molecule is CCc1cnccc1-c1cccc(C2CNCCN2S(=O)(=O)c2cccc(Cl)c2C)c1.Cl. The summed E-state index contributed by atoms with van der Waals surface area (Å²) in [5.74, 6) is 0. The van der Waals surface area contributed by atoms with E-state index in [1.807, 2.05) is 24.4 Å². The molecule has 0 saturated carbocycles. The van der Waals surface area contributed by atoms with Crippen LogP contribution in [0, 0.1) is 6.92 Å². The van der Waals surface area contributed by atoms with E-state index in [-0.39, 0.29) is 23.3 Å². The first-order valence-electron chi connectivity index (χ1n) is 10.4. The zero-order valence-corrected chi connectivity index (χ0v) is 20.5. The van der Waals surface area contributed by atoms with Crippen molar-refractivity contribution in [2.45, 2.75) is 31.2 Å². The summed E-state index contributed by atoms with van der Waals surface area (Å²) in [6.45, 7) is 5.43. The molecule has 3 aromatic rings. The Morgan fingerprint density at radius 3 is 2.75 bits per heavy atom. The predicted molar refractivity (Wildman–Crippen MR) is 132 cm³/mol. The molecule has 8 heteroatoms. The van der Waals surface area contributed by atoms with Crippen LogP contribution in [0.4, 0.5) is 0 Å². The molecule has 5 nitrogen and oxygen atoms in total. The average Bonchev–Trinajstić information content (AvgIpc) is 2.80. The van der Waals surface area contributed by atoms with Gasteiger partial charge in [-0.2, -0.15) is 4.31 Å². The maximum atomic E-state index is 13.6. The highest BCUT2D eigenvalue weighted by atomic mass is 35.5. The van der Waals surface area contributed by atoms with Crippen LogP contribution in [0.25, 0.3) is 11.1 Å². The molecule has 0 aliphatic carbocycles. The largest absolute Gasteiger partial charge is 0.313 e. The number of hydrogen-bond acceptors (Lipinski definition) is 4. The lowest BCUT2D eigenvalue weighted by Crippen LogP contribution is -2.48. The summed E-state index contributed by atoms with van der Waals surface area (Å²) in [7, 11) is -3.70. The van der Waals surface area contributed by atoms with Crippen LogP contribution in [0.15, 0.2) is 65.8 Å². The molecule has 0 spiro atoms. The van der Waals surface area contributed by atoms with Crippen molar-refractivity contribution in [3.8, 4) is 11.1 Å². The monoisotopic (exact) mass is 491 g/mol. The molecule has 1 aliphatic heterocycles. The van der Waals surface area contributed by atoms with Gasteiger partial charge in [0, 0.05) is 37.1 Å². The Kier molecular flexibility index (Phi) is 7.96. The van der Waals surface area contributed by atoms with E-state index in [9.17, 15) is 8.42 Å². The first-order valence-corrected chi connectivity index (χ1v) is 12.3. The van der Waals surface area contributed by atoms with Crippen LogP contribution >= 0.6 is 24.0 Å². The first-order chi connectivity index (χ1) is 14.9. The minimum Gasteiger partial charge on any atom is -0.313 e. The van der Waals surface area contributed by atoms with Gasteiger partial charge in [-0.25, -0.2) is 8.42 Å². The van der Waals surface area contributed by atoms with Crippen molar-refractivity contribution in [1.82, 2.24) is 14.6 Å². The van der Waals surface area contributed by atoms with Gasteiger partial charge < -0.3 is 5.32 Å². The fraction of sp³-hybridized carbons (Fsp3) is 0.292. The van der Waals surface area contributed by atoms with E-state index in [2.05, 4.69) is 29.4 Å². The summed E-state index contributed by atoms with van der Waals surface area (Å²) >= 11 is 6.23. The molecular weight excluding hydrogens is 465 g/mol. The second-order valence-electron chi connectivity index (χ2n) is 7.71. The standard InChI is InChI=1S/C24H26ClN3O2S.ClH/c1-3-18-15-26-11-10-21(18)19-6-4-7-20(14-19)23-16-27-12-13-28(23)31(29,30)24-9-5-8-22(25)17(24)2;/h4-11,14-15,23,27H,3,12-13,16H2,1-2H3;1H. The van der Waals surface area contributed by atoms with Crippen LogP contribution in [0.5, 0.6) is 0 Å². The molecule has 1 saturated heterocycles. The molecule has 2 heterocycles. The molecule has 1 aromatic heterocycles. The quantitative estimate of drug-likeness (QED) is 0.543. The number of halogens is 2. The number of sulfonamides is 1. The van der Waals surface area contributed by atoms with E-state index in [0.717, 1.165) is 23.1 Å². The van der Waals surface area contributed by atoms with Gasteiger partial charge in [0.05, 0.1) is 10.9 Å². The van der Waals surface area contributed by atoms with Gasteiger partial charge in [0.1, 0.15) is 0 Å². The Balaban J connectivity index is 0.00000289. The Morgan fingerprint density at radius 1 is 1.19 bits per heavy atom. The molecule has 170 valence electrons. The van der Waals surface area contributed by atoms with Crippen LogP contribution in [0.1, 0.15) is 29.7 Å². The zero-order valence-electron chi connectivity index (χ0n) is 18.1. The van der Waals surface area contributed by atoms with Gasteiger partial charge in [0.15, 0.2) is 0 Å². The number of nitrogens with one attached hydrogen (secondary N) is 1. The summed E-state index contributed by atoms with van der Waals surface area (Å²) in [6.07, 6.45) is 4.57. The smallest absolute Gasteiger partial charge is 0.244 e. The summed E-state index contributed by atoms with van der Waals surface area (Å²) in [5.41, 5.74) is 4.91. The number of aryl methyl sites for hydroxylation is 1. The normalized spacial score (nSPS) is 17.0. The van der Waals surface area contributed by atoms with E-state index in [4.69, 9.17) is 11.6 Å². The van der Waals surface area contributed by atoms with Crippen molar-refractivity contribution in [2.75, 3.05) is 19.6 Å². The average molecular weight is 492 g/mol. The van der Waals surface area contributed by atoms with Crippen LogP contribution in [-0.2, 0) is 16.4 Å². The Bertz CT molecular complexity index is 1200. The lowest BCUT2D eigenvalue weighted by Gasteiger charge is -2.36. The third-order valence-electron chi connectivity index (χ3n) is 5.87. The van der Waals surface area contributed by atoms with Gasteiger partial charge in [-0.3, -0.25) is 4.98 Å². The summed E-state index contributed by atoms with van der Waals surface area (Å²) in [4.78, 5) is 4.51. The Hall–Kier alpha value is -1.96. The highest BCUT2D eigenvalue weighted by molar-refractivity contribution is 7.89. The predicted octanol–water partition coefficient (Wildman–Crippen LogP) is 5.03. The minimum absolute atomic E-state index is 0. The number of piperazine rings is 1. The summed E-state index contributed by atoms with van der Waals surface area (Å²) in [6, 6.07) is 14.9. The zero-order chi connectivity index (χ0) is 22.0. The van der Waals surface area contributed by atoms with Crippen molar-refractivity contribution in [3.63, 3.8) is 0 Å². The Morgan fingerprint density at radius 2 is 1.97 bits per heavy atom. The van der Waals surface area contributed by atoms with Gasteiger partial charge in [-0.1, -0.05) is 42.8 Å². The second-order valence-corrected chi connectivity index (χ2v) is 9.98. The van der Waals surface area contributed by atoms with Crippen molar-refractivity contribution in [3.05, 3.63) is 82.6 Å². The van der Waals surface area contributed by atoms with Crippen LogP contribution in [0.2, 0.25) is 5.02 Å². The molecule has 0 bridgehead atoms. The van der Waals surface area contributed by atoms with Gasteiger partial charge >= 0.3 is 0 Å². The molecule has 1 aliphatic rings. The van der Waals surface area contributed by atoms with E-state index < -0.39 is 10.0 Å². The van der Waals surface area contributed by atoms with Crippen molar-refractivity contribution in [1.29, 1.82) is 0 Å². The molecule has 4 rings (SSSR count). The number of rotatable bonds is 5. The fourth-order valence-electron chi connectivity index (χ4n) is 4.15. The second kappa shape index (κ2) is 10.3. The molecule has 1 atom stereocenters. The van der Waals surface area contributed by atoms with Crippen LogP contribution in [0.3, 0.4) is 0 Å². The Labute approximate surface area is 201 Å². The van der Waals surface area contributed by atoms with Crippen molar-refractivity contribution >= 4 is 34.0 Å². The minimum atomic E-state index is -3.70. The lowest BCUT2D eigenvalue weighted by molar-refractivity contribution is 0.271. The lowest BCUT2D eigenvalue weighted by atomic mass is 9.96. The number of benzene rings is 2. The first kappa shape index (κ1) is 24.7. The van der Waals surface area contributed by atoms with E-state index in [1.165, 1.54) is 5.56 Å². The summed E-state index contributed by atoms with van der Waals surface area (Å²) in [5, 5.41) is 3.81. The fourth-order valence-corrected chi connectivity index (χ4v) is 6.25. The highest BCUT2D eigenvalue weighted by Crippen LogP contribution is 2.34. The molecule has 1 unspecified atom stereocenters. The van der Waals surface area contributed by atoms with E-state index >= 15 is 0 Å². The molecule has 0 radical (unpaired) electrons. The van der Waals surface area contributed by atoms with Gasteiger partial charge in [-0.15, -0.1) is 12.4 Å². The molecule has 0 amide bonds. The van der Waals surface area contributed by atoms with Gasteiger partial charge in [0.25, 0.3) is 0 Å². The van der Waals surface area contributed by atoms with Crippen LogP contribution < -0.4 is 5.32 Å². The van der Waals surface area contributed by atoms with Crippen LogP contribution in [-0.4, -0.2) is 37.3 Å². The number of pyridine rings is 1. The van der Waals surface area contributed by atoms with E-state index in [0.29, 0.717) is 30.2 Å². The third kappa shape index (κ3) is 4.70. The molecule has 32 heavy (non-hydrogen) atoms. The maximum absolute atomic E-state index is 13.6. The van der Waals surface area contributed by atoms with E-state index in [1.54, 1.807) is 35.6 Å². The van der Waals surface area contributed by atoms with Crippen molar-refractivity contribution < 1.29 is 8.42 Å². The third-order valence-corrected chi connectivity index (χ3v) is 8.33. The molecular formula is C24H27Cl2N3O2S. The molecule has 1 N–H and O–H groups in total. The number of hydrogen-bond donors (Lipinski definition) is 1. The maximum Gasteiger partial charge on any atom is 0.244 e. The van der Waals surface area contributed by atoms with Crippen molar-refractivity contribution in [2.24, 2.45) is 0 Å². The number of aromatic nitrogens is 1. The highest BCUT2D eigenvalue weighted by Gasteiger charge is 2.35. The molecule has 1 fully saturated rings. The summed E-state index contributed by atoms with van der Waals surface area (Å²) < 4.78 is 28.9. The topological polar surface area (TPSA) is 62.3 Å². The van der Waals surface area contributed by atoms with Gasteiger partial charge in [-0.05, 0) is 65.4 Å². The van der Waals surface area contributed by atoms with Gasteiger partial charge in [0.2, 0.25) is 10.0 Å². The molecule has 2 aromatic carbocycles.